The number of nitrogens with one attached hydrogen (secondary N) is 1. The van der Waals surface area contributed by atoms with Crippen molar-refractivity contribution in [1.82, 2.24) is 9.88 Å². The summed E-state index contributed by atoms with van der Waals surface area (Å²) in [7, 11) is 0. The molecule has 152 valence electrons. The Bertz CT molecular complexity index is 1010. The number of carbonyl (C=O) groups excluding carboxylic acids is 1. The molecule has 0 atom stereocenters. The Morgan fingerprint density at radius 3 is 2.66 bits per heavy atom. The highest BCUT2D eigenvalue weighted by Crippen LogP contribution is 2.34. The van der Waals surface area contributed by atoms with Gasteiger partial charge in [0.2, 0.25) is 0 Å². The van der Waals surface area contributed by atoms with Crippen LogP contribution in [-0.2, 0) is 11.2 Å². The van der Waals surface area contributed by atoms with E-state index in [0.29, 0.717) is 5.92 Å². The number of aryl methyl sites for hydroxylation is 3. The number of H-pyrrole nitrogens is 1. The van der Waals surface area contributed by atoms with Crippen molar-refractivity contribution in [3.05, 3.63) is 64.8 Å². The van der Waals surface area contributed by atoms with Gasteiger partial charge in [0.15, 0.2) is 6.61 Å². The van der Waals surface area contributed by atoms with E-state index in [9.17, 15) is 4.79 Å². The molecule has 1 saturated heterocycles. The minimum absolute atomic E-state index is 0.0818. The number of benzene rings is 2. The van der Waals surface area contributed by atoms with Gasteiger partial charge in [-0.15, -0.1) is 0 Å². The Labute approximate surface area is 172 Å². The predicted molar refractivity (Wildman–Crippen MR) is 118 cm³/mol. The molecule has 0 unspecified atom stereocenters. The molecule has 1 aromatic heterocycles. The predicted octanol–water partition coefficient (Wildman–Crippen LogP) is 5.13. The zero-order valence-electron chi connectivity index (χ0n) is 17.6. The Kier molecular flexibility index (Phi) is 5.61. The maximum atomic E-state index is 12.7. The Morgan fingerprint density at radius 2 is 1.90 bits per heavy atom. The zero-order chi connectivity index (χ0) is 20.4. The van der Waals surface area contributed by atoms with Crippen LogP contribution < -0.4 is 4.74 Å². The summed E-state index contributed by atoms with van der Waals surface area (Å²) in [5.74, 6) is 1.38. The number of hydrogen-bond donors (Lipinski definition) is 1. The SMILES string of the molecule is CCc1ccccc1OCC(=O)N1CCC(c2[nH]c3ccc(C)cc3c2C)CC1. The van der Waals surface area contributed by atoms with Crippen LogP contribution >= 0.6 is 0 Å². The molecule has 1 N–H and O–H groups in total. The maximum Gasteiger partial charge on any atom is 0.260 e. The van der Waals surface area contributed by atoms with E-state index in [1.165, 1.54) is 27.7 Å². The quantitative estimate of drug-likeness (QED) is 0.656. The van der Waals surface area contributed by atoms with Crippen LogP contribution in [0.25, 0.3) is 10.9 Å². The first kappa shape index (κ1) is 19.6. The number of rotatable bonds is 5. The number of ether oxygens (including phenoxy) is 1. The number of likely N-dealkylation sites (tertiary alicyclic amines) is 1. The number of amides is 1. The second-order valence-corrected chi connectivity index (χ2v) is 8.12. The Hall–Kier alpha value is -2.75. The van der Waals surface area contributed by atoms with Gasteiger partial charge < -0.3 is 14.6 Å². The van der Waals surface area contributed by atoms with Gasteiger partial charge in [0.25, 0.3) is 5.91 Å². The van der Waals surface area contributed by atoms with Crippen LogP contribution in [0.4, 0.5) is 0 Å². The molecule has 4 heteroatoms. The van der Waals surface area contributed by atoms with Crippen LogP contribution in [0, 0.1) is 13.8 Å². The first-order valence-corrected chi connectivity index (χ1v) is 10.6. The third kappa shape index (κ3) is 4.02. The number of para-hydroxylation sites is 1. The molecule has 3 aromatic rings. The summed E-state index contributed by atoms with van der Waals surface area (Å²) < 4.78 is 5.83. The third-order valence-electron chi connectivity index (χ3n) is 6.21. The van der Waals surface area contributed by atoms with E-state index in [0.717, 1.165) is 43.7 Å². The molecule has 29 heavy (non-hydrogen) atoms. The van der Waals surface area contributed by atoms with Crippen LogP contribution in [0.15, 0.2) is 42.5 Å². The molecule has 0 radical (unpaired) electrons. The first-order valence-electron chi connectivity index (χ1n) is 10.6. The van der Waals surface area contributed by atoms with Gasteiger partial charge in [0, 0.05) is 35.6 Å². The van der Waals surface area contributed by atoms with Crippen molar-refractivity contribution >= 4 is 16.8 Å². The summed E-state index contributed by atoms with van der Waals surface area (Å²) in [4.78, 5) is 18.2. The van der Waals surface area contributed by atoms with Crippen LogP contribution in [0.1, 0.15) is 48.1 Å². The molecule has 1 fully saturated rings. The second-order valence-electron chi connectivity index (χ2n) is 8.12. The molecule has 2 heterocycles. The second kappa shape index (κ2) is 8.32. The lowest BCUT2D eigenvalue weighted by Gasteiger charge is -2.32. The molecular weight excluding hydrogens is 360 g/mol. The smallest absolute Gasteiger partial charge is 0.260 e. The lowest BCUT2D eigenvalue weighted by Crippen LogP contribution is -2.40. The number of nitrogens with zero attached hydrogens (tertiary/aromatic N) is 1. The summed E-state index contributed by atoms with van der Waals surface area (Å²) in [6.07, 6.45) is 2.88. The highest BCUT2D eigenvalue weighted by molar-refractivity contribution is 5.85. The van der Waals surface area contributed by atoms with E-state index in [2.05, 4.69) is 50.0 Å². The number of piperidine rings is 1. The van der Waals surface area contributed by atoms with E-state index < -0.39 is 0 Å². The molecule has 1 amide bonds. The van der Waals surface area contributed by atoms with Gasteiger partial charge in [-0.3, -0.25) is 4.79 Å². The number of carbonyl (C=O) groups is 1. The fraction of sp³-hybridized carbons (Fsp3) is 0.400. The third-order valence-corrected chi connectivity index (χ3v) is 6.21. The maximum absolute atomic E-state index is 12.7. The largest absolute Gasteiger partial charge is 0.483 e. The molecule has 0 aliphatic carbocycles. The Morgan fingerprint density at radius 1 is 1.14 bits per heavy atom. The van der Waals surface area contributed by atoms with Gasteiger partial charge in [-0.1, -0.05) is 36.8 Å². The lowest BCUT2D eigenvalue weighted by molar-refractivity contribution is -0.134. The number of hydrogen-bond acceptors (Lipinski definition) is 2. The minimum Gasteiger partial charge on any atom is -0.483 e. The summed E-state index contributed by atoms with van der Waals surface area (Å²) in [6, 6.07) is 14.5. The molecule has 4 rings (SSSR count). The topological polar surface area (TPSA) is 45.3 Å². The molecule has 0 spiro atoms. The van der Waals surface area contributed by atoms with Gasteiger partial charge in [0.1, 0.15) is 5.75 Å². The monoisotopic (exact) mass is 390 g/mol. The van der Waals surface area contributed by atoms with Crippen molar-refractivity contribution < 1.29 is 9.53 Å². The standard InChI is InChI=1S/C25H30N2O2/c1-4-19-7-5-6-8-23(19)29-16-24(28)27-13-11-20(12-14-27)25-18(3)21-15-17(2)9-10-22(21)26-25/h5-10,15,20,26H,4,11-14,16H2,1-3H3. The van der Waals surface area contributed by atoms with Gasteiger partial charge in [-0.25, -0.2) is 0 Å². The molecule has 1 aliphatic rings. The van der Waals surface area contributed by atoms with Crippen molar-refractivity contribution in [2.75, 3.05) is 19.7 Å². The molecule has 0 bridgehead atoms. The van der Waals surface area contributed by atoms with E-state index in [-0.39, 0.29) is 12.5 Å². The summed E-state index contributed by atoms with van der Waals surface area (Å²) >= 11 is 0. The van der Waals surface area contributed by atoms with Gasteiger partial charge >= 0.3 is 0 Å². The zero-order valence-corrected chi connectivity index (χ0v) is 17.6. The van der Waals surface area contributed by atoms with Crippen molar-refractivity contribution in [3.63, 3.8) is 0 Å². The van der Waals surface area contributed by atoms with Crippen LogP contribution in [0.5, 0.6) is 5.75 Å². The molecular formula is C25H30N2O2. The number of aromatic nitrogens is 1. The number of aromatic amines is 1. The summed E-state index contributed by atoms with van der Waals surface area (Å²) in [5, 5.41) is 1.32. The average Bonchev–Trinajstić information content (AvgIpc) is 3.08. The highest BCUT2D eigenvalue weighted by atomic mass is 16.5. The lowest BCUT2D eigenvalue weighted by atomic mass is 9.91. The summed E-state index contributed by atoms with van der Waals surface area (Å²) in [6.45, 7) is 8.14. The molecule has 4 nitrogen and oxygen atoms in total. The average molecular weight is 391 g/mol. The minimum atomic E-state index is 0.0818. The summed E-state index contributed by atoms with van der Waals surface area (Å²) in [5.41, 5.74) is 6.34. The van der Waals surface area contributed by atoms with Crippen LogP contribution in [0.2, 0.25) is 0 Å². The van der Waals surface area contributed by atoms with E-state index >= 15 is 0 Å². The normalized spacial score (nSPS) is 15.1. The molecule has 0 saturated carbocycles. The number of fused-ring (bicyclic) bond motifs is 1. The fourth-order valence-electron chi connectivity index (χ4n) is 4.45. The highest BCUT2D eigenvalue weighted by Gasteiger charge is 2.26. The van der Waals surface area contributed by atoms with Gasteiger partial charge in [-0.05, 0) is 62.4 Å². The first-order chi connectivity index (χ1) is 14.1. The Balaban J connectivity index is 1.37. The van der Waals surface area contributed by atoms with Gasteiger partial charge in [0.05, 0.1) is 0 Å². The fourth-order valence-corrected chi connectivity index (χ4v) is 4.45. The molecule has 2 aromatic carbocycles. The van der Waals surface area contributed by atoms with Crippen molar-refractivity contribution in [1.29, 1.82) is 0 Å². The van der Waals surface area contributed by atoms with Crippen molar-refractivity contribution in [2.24, 2.45) is 0 Å². The van der Waals surface area contributed by atoms with E-state index in [1.54, 1.807) is 0 Å². The van der Waals surface area contributed by atoms with Gasteiger partial charge in [-0.2, -0.15) is 0 Å². The van der Waals surface area contributed by atoms with Crippen molar-refractivity contribution in [2.45, 2.75) is 46.0 Å². The van der Waals surface area contributed by atoms with Crippen molar-refractivity contribution in [3.8, 4) is 5.75 Å². The van der Waals surface area contributed by atoms with E-state index in [4.69, 9.17) is 4.74 Å². The molecule has 1 aliphatic heterocycles. The van der Waals surface area contributed by atoms with Crippen LogP contribution in [-0.4, -0.2) is 35.5 Å². The van der Waals surface area contributed by atoms with E-state index in [1.807, 2.05) is 23.1 Å². The van der Waals surface area contributed by atoms with Crippen LogP contribution in [0.3, 0.4) is 0 Å².